The standard InChI is InChI=1S/C12H11FO4/c1-11(13)16-8-3-2-7(6-9(8)17-11)12(4-5-12)10(14)15/h2-3,6H,4-5H2,1H3,(H,14,15). The van der Waals surface area contributed by atoms with Crippen LogP contribution in [0.2, 0.25) is 0 Å². The molecule has 3 rings (SSSR count). The molecule has 1 aromatic carbocycles. The number of hydrogen-bond acceptors (Lipinski definition) is 3. The Bertz CT molecular complexity index is 505. The average molecular weight is 238 g/mol. The minimum absolute atomic E-state index is 0.264. The Balaban J connectivity index is 1.99. The van der Waals surface area contributed by atoms with Crippen molar-refractivity contribution in [3.8, 4) is 11.5 Å². The molecule has 4 nitrogen and oxygen atoms in total. The van der Waals surface area contributed by atoms with E-state index in [1.807, 2.05) is 0 Å². The smallest absolute Gasteiger partial charge is 0.404 e. The molecule has 1 saturated carbocycles. The molecule has 0 radical (unpaired) electrons. The third-order valence-electron chi connectivity index (χ3n) is 3.24. The molecule has 1 N–H and O–H groups in total. The van der Waals surface area contributed by atoms with Gasteiger partial charge in [0.25, 0.3) is 0 Å². The molecular formula is C12H11FO4. The van der Waals surface area contributed by atoms with Gasteiger partial charge in [-0.2, -0.15) is 4.39 Å². The lowest BCUT2D eigenvalue weighted by molar-refractivity contribution is -0.173. The Morgan fingerprint density at radius 2 is 2.00 bits per heavy atom. The molecule has 1 aliphatic heterocycles. The lowest BCUT2D eigenvalue weighted by atomic mass is 9.96. The van der Waals surface area contributed by atoms with Gasteiger partial charge in [-0.25, -0.2) is 0 Å². The molecule has 17 heavy (non-hydrogen) atoms. The number of carboxylic acid groups (broad SMARTS) is 1. The van der Waals surface area contributed by atoms with Gasteiger partial charge in [-0.05, 0) is 30.5 Å². The highest BCUT2D eigenvalue weighted by molar-refractivity contribution is 5.85. The summed E-state index contributed by atoms with van der Waals surface area (Å²) >= 11 is 0. The fourth-order valence-corrected chi connectivity index (χ4v) is 2.13. The van der Waals surface area contributed by atoms with Crippen LogP contribution in [0.5, 0.6) is 11.5 Å². The van der Waals surface area contributed by atoms with E-state index in [9.17, 15) is 9.18 Å². The van der Waals surface area contributed by atoms with Gasteiger partial charge in [0.2, 0.25) is 0 Å². The summed E-state index contributed by atoms with van der Waals surface area (Å²) in [5.41, 5.74) is -0.168. The highest BCUT2D eigenvalue weighted by atomic mass is 19.2. The first-order valence-corrected chi connectivity index (χ1v) is 5.38. The molecule has 1 atom stereocenters. The van der Waals surface area contributed by atoms with Crippen molar-refractivity contribution < 1.29 is 23.8 Å². The average Bonchev–Trinajstić information content (AvgIpc) is 2.95. The van der Waals surface area contributed by atoms with Crippen LogP contribution in [-0.2, 0) is 10.2 Å². The molecule has 1 heterocycles. The van der Waals surface area contributed by atoms with Crippen LogP contribution in [0, 0.1) is 0 Å². The van der Waals surface area contributed by atoms with Crippen molar-refractivity contribution in [2.45, 2.75) is 31.2 Å². The summed E-state index contributed by atoms with van der Waals surface area (Å²) in [5.74, 6) is -0.278. The summed E-state index contributed by atoms with van der Waals surface area (Å²) in [6, 6.07) is 2.60. The molecule has 0 amide bonds. The van der Waals surface area contributed by atoms with Gasteiger partial charge in [0.05, 0.1) is 5.41 Å². The molecule has 1 aliphatic carbocycles. The number of carboxylic acids is 1. The van der Waals surface area contributed by atoms with Crippen molar-refractivity contribution in [1.29, 1.82) is 0 Å². The molecule has 0 spiro atoms. The zero-order chi connectivity index (χ0) is 12.3. The molecule has 5 heteroatoms. The first-order chi connectivity index (χ1) is 7.93. The lowest BCUT2D eigenvalue weighted by Gasteiger charge is -2.11. The van der Waals surface area contributed by atoms with E-state index in [1.165, 1.54) is 0 Å². The van der Waals surface area contributed by atoms with Crippen LogP contribution in [-0.4, -0.2) is 17.1 Å². The number of rotatable bonds is 2. The predicted octanol–water partition coefficient (Wildman–Crippen LogP) is 2.22. The number of alkyl halides is 1. The zero-order valence-corrected chi connectivity index (χ0v) is 9.20. The van der Waals surface area contributed by atoms with Crippen molar-refractivity contribution in [2.75, 3.05) is 0 Å². The van der Waals surface area contributed by atoms with E-state index < -0.39 is 17.4 Å². The Morgan fingerprint density at radius 3 is 2.59 bits per heavy atom. The van der Waals surface area contributed by atoms with Gasteiger partial charge in [-0.3, -0.25) is 4.79 Å². The summed E-state index contributed by atoms with van der Waals surface area (Å²) in [5, 5.41) is 9.16. The molecule has 1 aromatic rings. The van der Waals surface area contributed by atoms with Crippen LogP contribution >= 0.6 is 0 Å². The van der Waals surface area contributed by atoms with Gasteiger partial charge in [-0.1, -0.05) is 6.07 Å². The predicted molar refractivity (Wildman–Crippen MR) is 55.8 cm³/mol. The number of benzene rings is 1. The van der Waals surface area contributed by atoms with Gasteiger partial charge in [0, 0.05) is 6.92 Å². The molecule has 90 valence electrons. The maximum Gasteiger partial charge on any atom is 0.404 e. The molecule has 2 aliphatic rings. The molecule has 0 aromatic heterocycles. The third kappa shape index (κ3) is 1.45. The Hall–Kier alpha value is -1.78. The largest absolute Gasteiger partial charge is 0.481 e. The highest BCUT2D eigenvalue weighted by Gasteiger charge is 2.52. The maximum absolute atomic E-state index is 13.4. The number of carbonyl (C=O) groups is 1. The van der Waals surface area contributed by atoms with Gasteiger partial charge in [0.15, 0.2) is 11.5 Å². The van der Waals surface area contributed by atoms with Crippen molar-refractivity contribution in [3.05, 3.63) is 23.8 Å². The maximum atomic E-state index is 13.4. The van der Waals surface area contributed by atoms with Crippen molar-refractivity contribution in [2.24, 2.45) is 0 Å². The summed E-state index contributed by atoms with van der Waals surface area (Å²) in [7, 11) is 0. The van der Waals surface area contributed by atoms with Crippen LogP contribution in [0.15, 0.2) is 18.2 Å². The second kappa shape index (κ2) is 2.91. The Kier molecular flexibility index (Phi) is 1.78. The third-order valence-corrected chi connectivity index (χ3v) is 3.24. The van der Waals surface area contributed by atoms with E-state index in [1.54, 1.807) is 18.2 Å². The SMILES string of the molecule is CC1(F)Oc2ccc(C3(C(=O)O)CC3)cc2O1. The van der Waals surface area contributed by atoms with Crippen LogP contribution in [0.3, 0.4) is 0 Å². The first-order valence-electron chi connectivity index (χ1n) is 5.38. The summed E-state index contributed by atoms with van der Waals surface area (Å²) < 4.78 is 23.3. The van der Waals surface area contributed by atoms with Crippen LogP contribution < -0.4 is 9.47 Å². The van der Waals surface area contributed by atoms with Crippen molar-refractivity contribution in [1.82, 2.24) is 0 Å². The second-order valence-corrected chi connectivity index (χ2v) is 4.59. The molecule has 1 fully saturated rings. The molecule has 1 unspecified atom stereocenters. The van der Waals surface area contributed by atoms with Crippen molar-refractivity contribution >= 4 is 5.97 Å². The van der Waals surface area contributed by atoms with E-state index in [0.717, 1.165) is 6.92 Å². The fraction of sp³-hybridized carbons (Fsp3) is 0.417. The lowest BCUT2D eigenvalue weighted by Crippen LogP contribution is -2.27. The molecular weight excluding hydrogens is 227 g/mol. The monoisotopic (exact) mass is 238 g/mol. The summed E-state index contributed by atoms with van der Waals surface area (Å²) in [6.07, 6.45) is 1.21. The van der Waals surface area contributed by atoms with Gasteiger partial charge in [-0.15, -0.1) is 0 Å². The van der Waals surface area contributed by atoms with E-state index in [2.05, 4.69) is 0 Å². The van der Waals surface area contributed by atoms with Crippen molar-refractivity contribution in [3.63, 3.8) is 0 Å². The second-order valence-electron chi connectivity index (χ2n) is 4.59. The summed E-state index contributed by atoms with van der Waals surface area (Å²) in [4.78, 5) is 11.2. The van der Waals surface area contributed by atoms with Gasteiger partial charge >= 0.3 is 12.0 Å². The first kappa shape index (κ1) is 10.4. The minimum Gasteiger partial charge on any atom is -0.481 e. The Labute approximate surface area is 97.0 Å². The number of halogens is 1. The normalized spacial score (nSPS) is 27.9. The number of aliphatic carboxylic acids is 1. The fourth-order valence-electron chi connectivity index (χ4n) is 2.13. The van der Waals surface area contributed by atoms with E-state index in [-0.39, 0.29) is 5.75 Å². The topological polar surface area (TPSA) is 55.8 Å². The summed E-state index contributed by atoms with van der Waals surface area (Å²) in [6.45, 7) is 1.16. The molecule has 0 bridgehead atoms. The van der Waals surface area contributed by atoms with E-state index in [4.69, 9.17) is 14.6 Å². The van der Waals surface area contributed by atoms with E-state index in [0.29, 0.717) is 24.2 Å². The molecule has 0 saturated heterocycles. The van der Waals surface area contributed by atoms with E-state index >= 15 is 0 Å². The van der Waals surface area contributed by atoms with Crippen LogP contribution in [0.1, 0.15) is 25.3 Å². The quantitative estimate of drug-likeness (QED) is 0.858. The van der Waals surface area contributed by atoms with Crippen LogP contribution in [0.25, 0.3) is 0 Å². The minimum atomic E-state index is -2.17. The number of ether oxygens (including phenoxy) is 2. The van der Waals surface area contributed by atoms with Gasteiger partial charge in [0.1, 0.15) is 0 Å². The Morgan fingerprint density at radius 1 is 1.35 bits per heavy atom. The highest BCUT2D eigenvalue weighted by Crippen LogP contribution is 2.51. The number of hydrogen-bond donors (Lipinski definition) is 1. The zero-order valence-electron chi connectivity index (χ0n) is 9.20. The van der Waals surface area contributed by atoms with Gasteiger partial charge < -0.3 is 14.6 Å². The van der Waals surface area contributed by atoms with Crippen LogP contribution in [0.4, 0.5) is 4.39 Å². The number of fused-ring (bicyclic) bond motifs is 1.